The first-order valence-electron chi connectivity index (χ1n) is 11.4. The van der Waals surface area contributed by atoms with Gasteiger partial charge in [0.15, 0.2) is 6.61 Å². The predicted octanol–water partition coefficient (Wildman–Crippen LogP) is 4.82. The van der Waals surface area contributed by atoms with Crippen LogP contribution in [0, 0.1) is 13.8 Å². The lowest BCUT2D eigenvalue weighted by molar-refractivity contribution is -0.142. The minimum atomic E-state index is -0.637. The van der Waals surface area contributed by atoms with Crippen molar-refractivity contribution < 1.29 is 19.1 Å². The number of aryl methyl sites for hydroxylation is 2. The molecule has 0 aliphatic heterocycles. The molecule has 0 bridgehead atoms. The molecule has 3 rings (SSSR count). The second-order valence-electron chi connectivity index (χ2n) is 8.70. The van der Waals surface area contributed by atoms with E-state index >= 15 is 0 Å². The fourth-order valence-corrected chi connectivity index (χ4v) is 4.27. The van der Waals surface area contributed by atoms with Gasteiger partial charge in [0, 0.05) is 17.6 Å². The maximum absolute atomic E-state index is 13.3. The van der Waals surface area contributed by atoms with Crippen LogP contribution in [0.1, 0.15) is 49.3 Å². The smallest absolute Gasteiger partial charge is 0.261 e. The van der Waals surface area contributed by atoms with E-state index in [9.17, 15) is 9.59 Å². The van der Waals surface area contributed by atoms with E-state index in [1.165, 1.54) is 0 Å². The summed E-state index contributed by atoms with van der Waals surface area (Å²) in [5, 5.41) is 3.79. The van der Waals surface area contributed by atoms with Crippen molar-refractivity contribution >= 4 is 23.4 Å². The lowest BCUT2D eigenvalue weighted by Crippen LogP contribution is -2.50. The number of hydrogen-bond acceptors (Lipinski definition) is 4. The molecular formula is C26H33ClN2O4. The van der Waals surface area contributed by atoms with E-state index in [4.69, 9.17) is 21.1 Å². The molecule has 6 nitrogen and oxygen atoms in total. The number of rotatable bonds is 9. The summed E-state index contributed by atoms with van der Waals surface area (Å²) in [6.07, 6.45) is 4.22. The third-order valence-electron chi connectivity index (χ3n) is 6.13. The van der Waals surface area contributed by atoms with Gasteiger partial charge in [-0.1, -0.05) is 36.6 Å². The van der Waals surface area contributed by atoms with Gasteiger partial charge in [-0.25, -0.2) is 0 Å². The number of carbonyl (C=O) groups is 2. The van der Waals surface area contributed by atoms with Crippen molar-refractivity contribution in [2.24, 2.45) is 0 Å². The molecule has 1 aliphatic carbocycles. The van der Waals surface area contributed by atoms with E-state index in [0.717, 1.165) is 42.4 Å². The van der Waals surface area contributed by atoms with Gasteiger partial charge < -0.3 is 19.7 Å². The van der Waals surface area contributed by atoms with Crippen LogP contribution in [0.4, 0.5) is 0 Å². The van der Waals surface area contributed by atoms with E-state index in [-0.39, 0.29) is 31.0 Å². The summed E-state index contributed by atoms with van der Waals surface area (Å²) in [6, 6.07) is 10.7. The lowest BCUT2D eigenvalue weighted by Gasteiger charge is -2.29. The Morgan fingerprint density at radius 2 is 1.79 bits per heavy atom. The van der Waals surface area contributed by atoms with Crippen LogP contribution in [0.2, 0.25) is 5.02 Å². The van der Waals surface area contributed by atoms with Crippen LogP contribution >= 0.6 is 11.6 Å². The summed E-state index contributed by atoms with van der Waals surface area (Å²) in [5.41, 5.74) is 2.65. The first-order valence-corrected chi connectivity index (χ1v) is 11.8. The number of nitrogens with one attached hydrogen (secondary N) is 1. The first kappa shape index (κ1) is 24.9. The Hall–Kier alpha value is -2.73. The fraction of sp³-hybridized carbons (Fsp3) is 0.462. The van der Waals surface area contributed by atoms with Crippen molar-refractivity contribution in [3.05, 3.63) is 58.1 Å². The number of carbonyl (C=O) groups excluding carboxylic acids is 2. The third kappa shape index (κ3) is 6.64. The average molecular weight is 473 g/mol. The maximum atomic E-state index is 13.3. The van der Waals surface area contributed by atoms with E-state index in [1.54, 1.807) is 18.9 Å². The van der Waals surface area contributed by atoms with Gasteiger partial charge in [0.25, 0.3) is 5.91 Å². The molecule has 0 aromatic heterocycles. The molecule has 1 saturated carbocycles. The topological polar surface area (TPSA) is 67.9 Å². The van der Waals surface area contributed by atoms with Crippen molar-refractivity contribution in [3.63, 3.8) is 0 Å². The van der Waals surface area contributed by atoms with Gasteiger partial charge in [-0.2, -0.15) is 0 Å². The van der Waals surface area contributed by atoms with Crippen LogP contribution in [0.5, 0.6) is 11.5 Å². The Labute approximate surface area is 201 Å². The molecule has 0 heterocycles. The standard InChI is InChI=1S/C26H33ClN2O4/c1-17-12-23(13-18(2)25(17)27)33-16-24(30)29(15-20-8-7-11-22(14-20)32-4)19(3)26(31)28-21-9-5-6-10-21/h7-8,11-14,19,21H,5-6,9-10,15-16H2,1-4H3,(H,28,31)/t19-/m0/s1. The maximum Gasteiger partial charge on any atom is 0.261 e. The van der Waals surface area contributed by atoms with Crippen LogP contribution in [0.3, 0.4) is 0 Å². The zero-order chi connectivity index (χ0) is 24.0. The molecule has 7 heteroatoms. The second-order valence-corrected chi connectivity index (χ2v) is 9.08. The molecule has 2 aromatic carbocycles. The van der Waals surface area contributed by atoms with Crippen LogP contribution in [0.25, 0.3) is 0 Å². The minimum Gasteiger partial charge on any atom is -0.497 e. The van der Waals surface area contributed by atoms with Gasteiger partial charge >= 0.3 is 0 Å². The molecule has 1 aliphatic rings. The molecule has 1 atom stereocenters. The van der Waals surface area contributed by atoms with Crippen molar-refractivity contribution in [1.82, 2.24) is 10.2 Å². The van der Waals surface area contributed by atoms with Crippen molar-refractivity contribution in [2.75, 3.05) is 13.7 Å². The third-order valence-corrected chi connectivity index (χ3v) is 6.72. The molecule has 178 valence electrons. The lowest BCUT2D eigenvalue weighted by atomic mass is 10.1. The molecule has 1 N–H and O–H groups in total. The Kier molecular flexibility index (Phi) is 8.61. The van der Waals surface area contributed by atoms with Crippen LogP contribution < -0.4 is 14.8 Å². The Bertz CT molecular complexity index is 965. The number of nitrogens with zero attached hydrogens (tertiary/aromatic N) is 1. The van der Waals surface area contributed by atoms with Crippen LogP contribution in [0.15, 0.2) is 36.4 Å². The zero-order valence-corrected chi connectivity index (χ0v) is 20.6. The number of halogens is 1. The molecule has 0 unspecified atom stereocenters. The fourth-order valence-electron chi connectivity index (χ4n) is 4.16. The summed E-state index contributed by atoms with van der Waals surface area (Å²) in [6.45, 7) is 5.66. The van der Waals surface area contributed by atoms with Crippen LogP contribution in [-0.4, -0.2) is 42.5 Å². The summed E-state index contributed by atoms with van der Waals surface area (Å²) in [4.78, 5) is 27.8. The highest BCUT2D eigenvalue weighted by Crippen LogP contribution is 2.26. The van der Waals surface area contributed by atoms with Gasteiger partial charge in [0.05, 0.1) is 7.11 Å². The highest BCUT2D eigenvalue weighted by Gasteiger charge is 2.29. The highest BCUT2D eigenvalue weighted by atomic mass is 35.5. The molecule has 0 spiro atoms. The van der Waals surface area contributed by atoms with E-state index < -0.39 is 6.04 Å². The highest BCUT2D eigenvalue weighted by molar-refractivity contribution is 6.32. The molecule has 33 heavy (non-hydrogen) atoms. The normalized spacial score (nSPS) is 14.6. The molecular weight excluding hydrogens is 440 g/mol. The number of hydrogen-bond donors (Lipinski definition) is 1. The van der Waals surface area contributed by atoms with Crippen molar-refractivity contribution in [2.45, 2.75) is 65.1 Å². The van der Waals surface area contributed by atoms with Crippen molar-refractivity contribution in [1.29, 1.82) is 0 Å². The van der Waals surface area contributed by atoms with Gasteiger partial charge in [0.1, 0.15) is 17.5 Å². The van der Waals surface area contributed by atoms with Gasteiger partial charge in [-0.3, -0.25) is 9.59 Å². The van der Waals surface area contributed by atoms with E-state index in [1.807, 2.05) is 50.2 Å². The Balaban J connectivity index is 1.75. The van der Waals surface area contributed by atoms with E-state index in [0.29, 0.717) is 16.5 Å². The number of ether oxygens (including phenoxy) is 2. The van der Waals surface area contributed by atoms with Gasteiger partial charge in [-0.15, -0.1) is 0 Å². The second kappa shape index (κ2) is 11.4. The largest absolute Gasteiger partial charge is 0.497 e. The minimum absolute atomic E-state index is 0.142. The molecule has 0 radical (unpaired) electrons. The summed E-state index contributed by atoms with van der Waals surface area (Å²) in [5.74, 6) is 0.868. The Morgan fingerprint density at radius 3 is 2.42 bits per heavy atom. The van der Waals surface area contributed by atoms with Gasteiger partial charge in [-0.05, 0) is 74.6 Å². The number of amides is 2. The van der Waals surface area contributed by atoms with Gasteiger partial charge in [0.2, 0.25) is 5.91 Å². The molecule has 0 saturated heterocycles. The summed E-state index contributed by atoms with van der Waals surface area (Å²) in [7, 11) is 1.60. The predicted molar refractivity (Wildman–Crippen MR) is 130 cm³/mol. The first-order chi connectivity index (χ1) is 15.8. The monoisotopic (exact) mass is 472 g/mol. The summed E-state index contributed by atoms with van der Waals surface area (Å²) >= 11 is 6.24. The SMILES string of the molecule is COc1cccc(CN(C(=O)COc2cc(C)c(Cl)c(C)c2)[C@@H](C)C(=O)NC2CCCC2)c1. The van der Waals surface area contributed by atoms with Crippen molar-refractivity contribution in [3.8, 4) is 11.5 Å². The van der Waals surface area contributed by atoms with E-state index in [2.05, 4.69) is 5.32 Å². The zero-order valence-electron chi connectivity index (χ0n) is 19.8. The number of benzene rings is 2. The summed E-state index contributed by atoms with van der Waals surface area (Å²) < 4.78 is 11.1. The quantitative estimate of drug-likeness (QED) is 0.568. The molecule has 2 aromatic rings. The molecule has 1 fully saturated rings. The van der Waals surface area contributed by atoms with Crippen LogP contribution in [-0.2, 0) is 16.1 Å². The number of methoxy groups -OCH3 is 1. The average Bonchev–Trinajstić information content (AvgIpc) is 3.32. The molecule has 2 amide bonds. The Morgan fingerprint density at radius 1 is 1.12 bits per heavy atom.